The van der Waals surface area contributed by atoms with E-state index in [1.807, 2.05) is 11.3 Å². The minimum Gasteiger partial charge on any atom is -0.321 e. The summed E-state index contributed by atoms with van der Waals surface area (Å²) in [5.41, 5.74) is 1.53. The number of hydrogen-bond donors (Lipinski definition) is 1. The second-order valence-corrected chi connectivity index (χ2v) is 6.73. The lowest BCUT2D eigenvalue weighted by molar-refractivity contribution is 0.102. The molecule has 5 nitrogen and oxygen atoms in total. The van der Waals surface area contributed by atoms with Gasteiger partial charge in [-0.15, -0.1) is 10.2 Å². The van der Waals surface area contributed by atoms with Crippen molar-refractivity contribution >= 4 is 39.5 Å². The molecule has 7 heteroatoms. The summed E-state index contributed by atoms with van der Waals surface area (Å²) in [5, 5.41) is 11.8. The predicted molar refractivity (Wildman–Crippen MR) is 89.1 cm³/mol. The highest BCUT2D eigenvalue weighted by Gasteiger charge is 2.21. The number of aromatic nitrogens is 3. The van der Waals surface area contributed by atoms with E-state index in [9.17, 15) is 4.79 Å². The highest BCUT2D eigenvalue weighted by atomic mass is 35.5. The molecule has 0 radical (unpaired) electrons. The molecule has 0 aliphatic rings. The molecular weight excluding hydrogens is 320 g/mol. The van der Waals surface area contributed by atoms with Crippen LogP contribution in [0.5, 0.6) is 0 Å². The Morgan fingerprint density at radius 2 is 2.14 bits per heavy atom. The van der Waals surface area contributed by atoms with E-state index in [4.69, 9.17) is 11.6 Å². The van der Waals surface area contributed by atoms with Gasteiger partial charge in [-0.05, 0) is 25.1 Å². The van der Waals surface area contributed by atoms with E-state index in [1.54, 1.807) is 24.3 Å². The van der Waals surface area contributed by atoms with Gasteiger partial charge >= 0.3 is 0 Å². The lowest BCUT2D eigenvalue weighted by atomic mass is 10.2. The second kappa shape index (κ2) is 5.70. The molecule has 3 aromatic rings. The normalized spacial score (nSPS) is 11.3. The first-order valence-corrected chi connectivity index (χ1v) is 8.08. The number of amides is 1. The first-order chi connectivity index (χ1) is 10.5. The summed E-state index contributed by atoms with van der Waals surface area (Å²) in [5.74, 6) is 0.947. The molecule has 0 spiro atoms. The molecule has 22 heavy (non-hydrogen) atoms. The maximum absolute atomic E-state index is 12.5. The average molecular weight is 335 g/mol. The van der Waals surface area contributed by atoms with Gasteiger partial charge in [0.15, 0.2) is 0 Å². The zero-order valence-corrected chi connectivity index (χ0v) is 14.0. The summed E-state index contributed by atoms with van der Waals surface area (Å²) in [7, 11) is 0. The lowest BCUT2D eigenvalue weighted by Gasteiger charge is -2.06. The smallest absolute Gasteiger partial charge is 0.267 e. The van der Waals surface area contributed by atoms with Crippen LogP contribution in [0.1, 0.15) is 41.0 Å². The van der Waals surface area contributed by atoms with E-state index in [-0.39, 0.29) is 11.8 Å². The van der Waals surface area contributed by atoms with Crippen LogP contribution in [-0.4, -0.2) is 20.5 Å². The molecule has 0 aliphatic carbocycles. The van der Waals surface area contributed by atoms with Gasteiger partial charge in [-0.3, -0.25) is 9.20 Å². The van der Waals surface area contributed by atoms with Crippen molar-refractivity contribution in [3.8, 4) is 0 Å². The average Bonchev–Trinajstić information content (AvgIpc) is 2.99. The molecule has 2 heterocycles. The molecule has 1 aromatic carbocycles. The molecule has 0 aliphatic heterocycles. The maximum Gasteiger partial charge on any atom is 0.267 e. The van der Waals surface area contributed by atoms with Gasteiger partial charge < -0.3 is 5.32 Å². The number of nitrogens with zero attached hydrogens (tertiary/aromatic N) is 3. The van der Waals surface area contributed by atoms with Crippen LogP contribution < -0.4 is 5.32 Å². The first kappa shape index (κ1) is 15.0. The molecule has 0 atom stereocenters. The van der Waals surface area contributed by atoms with Crippen LogP contribution in [0.2, 0.25) is 5.02 Å². The van der Waals surface area contributed by atoms with Crippen molar-refractivity contribution < 1.29 is 4.79 Å². The third kappa shape index (κ3) is 2.60. The van der Waals surface area contributed by atoms with E-state index < -0.39 is 0 Å². The fourth-order valence-electron chi connectivity index (χ4n) is 2.27. The Bertz CT molecular complexity index is 852. The van der Waals surface area contributed by atoms with Gasteiger partial charge in [0.1, 0.15) is 10.7 Å². The maximum atomic E-state index is 12.5. The fraction of sp³-hybridized carbons (Fsp3) is 0.267. The minimum absolute atomic E-state index is 0.162. The minimum atomic E-state index is -0.162. The van der Waals surface area contributed by atoms with Crippen molar-refractivity contribution in [2.24, 2.45) is 0 Å². The summed E-state index contributed by atoms with van der Waals surface area (Å²) >= 11 is 7.27. The zero-order valence-electron chi connectivity index (χ0n) is 12.4. The van der Waals surface area contributed by atoms with Crippen LogP contribution in [0.4, 0.5) is 5.69 Å². The van der Waals surface area contributed by atoms with Crippen LogP contribution in [0, 0.1) is 6.92 Å². The number of carbonyl (C=O) groups excluding carboxylic acids is 1. The summed E-state index contributed by atoms with van der Waals surface area (Å²) in [6.45, 7) is 6.02. The van der Waals surface area contributed by atoms with Crippen LogP contribution in [0.15, 0.2) is 24.3 Å². The Balaban J connectivity index is 1.96. The third-order valence-electron chi connectivity index (χ3n) is 3.32. The van der Waals surface area contributed by atoms with Crippen LogP contribution in [0.25, 0.3) is 4.96 Å². The topological polar surface area (TPSA) is 59.3 Å². The fourth-order valence-corrected chi connectivity index (χ4v) is 3.43. The predicted octanol–water partition coefficient (Wildman–Crippen LogP) is 4.13. The molecule has 2 aromatic heterocycles. The number of hydrogen-bond acceptors (Lipinski definition) is 4. The molecule has 114 valence electrons. The Hall–Kier alpha value is -1.92. The van der Waals surface area contributed by atoms with Crippen molar-refractivity contribution in [1.82, 2.24) is 14.6 Å². The van der Waals surface area contributed by atoms with Crippen molar-refractivity contribution in [1.29, 1.82) is 0 Å². The Morgan fingerprint density at radius 1 is 1.36 bits per heavy atom. The van der Waals surface area contributed by atoms with E-state index in [1.165, 1.54) is 11.3 Å². The molecule has 1 amide bonds. The summed E-state index contributed by atoms with van der Waals surface area (Å²) < 4.78 is 1.95. The van der Waals surface area contributed by atoms with Gasteiger partial charge in [-0.1, -0.05) is 42.9 Å². The van der Waals surface area contributed by atoms with Crippen LogP contribution >= 0.6 is 22.9 Å². The number of rotatable bonds is 3. The van der Waals surface area contributed by atoms with Gasteiger partial charge in [0.25, 0.3) is 5.91 Å². The van der Waals surface area contributed by atoms with E-state index in [0.29, 0.717) is 15.6 Å². The molecule has 0 fully saturated rings. The molecule has 0 saturated heterocycles. The number of nitrogens with one attached hydrogen (secondary N) is 1. The lowest BCUT2D eigenvalue weighted by Crippen LogP contribution is -2.12. The summed E-state index contributed by atoms with van der Waals surface area (Å²) in [6.07, 6.45) is 0. The number of thiazole rings is 1. The quantitative estimate of drug-likeness (QED) is 0.783. The Labute approximate surface area is 136 Å². The number of fused-ring (bicyclic) bond motifs is 1. The Morgan fingerprint density at radius 3 is 2.82 bits per heavy atom. The zero-order chi connectivity index (χ0) is 15.9. The molecule has 0 saturated carbocycles. The van der Waals surface area contributed by atoms with Gasteiger partial charge in [-0.25, -0.2) is 0 Å². The molecule has 0 unspecified atom stereocenters. The van der Waals surface area contributed by atoms with E-state index in [0.717, 1.165) is 16.5 Å². The van der Waals surface area contributed by atoms with E-state index >= 15 is 0 Å². The second-order valence-electron chi connectivity index (χ2n) is 5.31. The number of halogens is 1. The summed E-state index contributed by atoms with van der Waals surface area (Å²) in [6, 6.07) is 7.09. The molecule has 3 rings (SSSR count). The van der Waals surface area contributed by atoms with Crippen molar-refractivity contribution in [3.05, 3.63) is 45.7 Å². The highest BCUT2D eigenvalue weighted by molar-refractivity contribution is 7.19. The molecular formula is C15H15ClN4OS. The van der Waals surface area contributed by atoms with E-state index in [2.05, 4.69) is 29.4 Å². The third-order valence-corrected chi connectivity index (χ3v) is 4.69. The highest BCUT2D eigenvalue weighted by Crippen LogP contribution is 2.26. The standard InChI is InChI=1S/C15H15ClN4OS/c1-8(2)13-18-19-15-20(13)9(3)12(22-15)14(21)17-11-6-4-5-10(16)7-11/h4-8H,1-3H3,(H,17,21). The van der Waals surface area contributed by atoms with Crippen LogP contribution in [0.3, 0.4) is 0 Å². The largest absolute Gasteiger partial charge is 0.321 e. The van der Waals surface area contributed by atoms with Gasteiger partial charge in [0, 0.05) is 22.3 Å². The molecule has 1 N–H and O–H groups in total. The number of anilines is 1. The SMILES string of the molecule is Cc1c(C(=O)Nc2cccc(Cl)c2)sc2nnc(C(C)C)n12. The first-order valence-electron chi connectivity index (χ1n) is 6.88. The van der Waals surface area contributed by atoms with Crippen molar-refractivity contribution in [2.75, 3.05) is 5.32 Å². The number of carbonyl (C=O) groups is 1. The number of aryl methyl sites for hydroxylation is 1. The number of benzene rings is 1. The summed E-state index contributed by atoms with van der Waals surface area (Å²) in [4.78, 5) is 13.9. The molecule has 0 bridgehead atoms. The Kier molecular flexibility index (Phi) is 3.88. The monoisotopic (exact) mass is 334 g/mol. The van der Waals surface area contributed by atoms with Gasteiger partial charge in [0.2, 0.25) is 4.96 Å². The van der Waals surface area contributed by atoms with Crippen molar-refractivity contribution in [3.63, 3.8) is 0 Å². The van der Waals surface area contributed by atoms with Crippen LogP contribution in [-0.2, 0) is 0 Å². The van der Waals surface area contributed by atoms with Crippen molar-refractivity contribution in [2.45, 2.75) is 26.7 Å². The van der Waals surface area contributed by atoms with Gasteiger partial charge in [-0.2, -0.15) is 0 Å². The van der Waals surface area contributed by atoms with Gasteiger partial charge in [0.05, 0.1) is 0 Å².